The van der Waals surface area contributed by atoms with Crippen molar-refractivity contribution in [3.8, 4) is 0 Å². The first-order chi connectivity index (χ1) is 14.5. The number of urea groups is 1. The first kappa shape index (κ1) is 20.2. The lowest BCUT2D eigenvalue weighted by molar-refractivity contribution is -0.119. The summed E-state index contributed by atoms with van der Waals surface area (Å²) in [5.74, 6) is -0.192. The Morgan fingerprint density at radius 2 is 1.37 bits per heavy atom. The number of carbonyl (C=O) groups is 2. The Bertz CT molecular complexity index is 1030. The van der Waals surface area contributed by atoms with E-state index < -0.39 is 4.75 Å². The minimum atomic E-state index is -0.736. The van der Waals surface area contributed by atoms with Gasteiger partial charge in [0.25, 0.3) is 5.91 Å². The Kier molecular flexibility index (Phi) is 5.64. The van der Waals surface area contributed by atoms with Crippen molar-refractivity contribution in [1.29, 1.82) is 0 Å². The normalized spacial score (nSPS) is 19.7. The second-order valence-corrected chi connectivity index (χ2v) is 9.05. The molecule has 3 aromatic rings. The van der Waals surface area contributed by atoms with Gasteiger partial charge >= 0.3 is 6.03 Å². The maximum Gasteiger partial charge on any atom is 0.331 e. The Morgan fingerprint density at radius 3 is 1.90 bits per heavy atom. The highest BCUT2D eigenvalue weighted by Gasteiger charge is 2.62. The number of amides is 3. The van der Waals surface area contributed by atoms with Crippen LogP contribution in [0, 0.1) is 0 Å². The quantitative estimate of drug-likeness (QED) is 0.530. The molecule has 5 heteroatoms. The average molecular weight is 417 g/mol. The van der Waals surface area contributed by atoms with Crippen LogP contribution >= 0.6 is 11.8 Å². The van der Waals surface area contributed by atoms with Gasteiger partial charge in [-0.3, -0.25) is 4.79 Å². The Balaban J connectivity index is 1.69. The molecule has 1 saturated heterocycles. The summed E-state index contributed by atoms with van der Waals surface area (Å²) in [7, 11) is 1.73. The monoisotopic (exact) mass is 416 g/mol. The van der Waals surface area contributed by atoms with Crippen LogP contribution < -0.4 is 4.90 Å². The van der Waals surface area contributed by atoms with Gasteiger partial charge in [0.15, 0.2) is 0 Å². The molecule has 3 aromatic carbocycles. The maximum atomic E-state index is 13.9. The summed E-state index contributed by atoms with van der Waals surface area (Å²) in [5.41, 5.74) is 2.54. The van der Waals surface area contributed by atoms with Crippen molar-refractivity contribution in [3.63, 3.8) is 0 Å². The second kappa shape index (κ2) is 8.36. The number of hydrogen-bond donors (Lipinski definition) is 0. The van der Waals surface area contributed by atoms with Gasteiger partial charge in [0.2, 0.25) is 0 Å². The topological polar surface area (TPSA) is 40.6 Å². The summed E-state index contributed by atoms with van der Waals surface area (Å²) in [6.45, 7) is 2.47. The molecule has 1 fully saturated rings. The fraction of sp³-hybridized carbons (Fsp3) is 0.200. The van der Waals surface area contributed by atoms with E-state index in [1.165, 1.54) is 4.90 Å². The predicted octanol–water partition coefficient (Wildman–Crippen LogP) is 5.30. The lowest BCUT2D eigenvalue weighted by Gasteiger charge is -2.30. The Labute approximate surface area is 181 Å². The van der Waals surface area contributed by atoms with Gasteiger partial charge in [0, 0.05) is 18.8 Å². The maximum absolute atomic E-state index is 13.9. The van der Waals surface area contributed by atoms with Crippen molar-refractivity contribution >= 4 is 29.4 Å². The van der Waals surface area contributed by atoms with Gasteiger partial charge in [-0.05, 0) is 23.3 Å². The van der Waals surface area contributed by atoms with Crippen molar-refractivity contribution in [2.45, 2.75) is 23.5 Å². The van der Waals surface area contributed by atoms with E-state index in [4.69, 9.17) is 0 Å². The first-order valence-corrected chi connectivity index (χ1v) is 10.8. The highest BCUT2D eigenvalue weighted by molar-refractivity contribution is 8.09. The molecule has 0 spiro atoms. The van der Waals surface area contributed by atoms with E-state index >= 15 is 0 Å². The molecule has 0 saturated carbocycles. The van der Waals surface area contributed by atoms with E-state index in [2.05, 4.69) is 0 Å². The molecule has 0 radical (unpaired) electrons. The summed E-state index contributed by atoms with van der Waals surface area (Å²) in [6, 6.07) is 28.4. The molecule has 2 atom stereocenters. The SMILES string of the molecule is C[C@@H]1S[C@]1(C(=O)N(C(=O)N(C)Cc1ccccc1)c1ccccc1)c1ccccc1. The third-order valence-corrected chi connectivity index (χ3v) is 6.99. The Hall–Kier alpha value is -3.05. The fourth-order valence-corrected chi connectivity index (χ4v) is 4.93. The number of carbonyl (C=O) groups excluding carboxylic acids is 2. The molecule has 0 aliphatic carbocycles. The lowest BCUT2D eigenvalue weighted by atomic mass is 9.94. The zero-order valence-electron chi connectivity index (χ0n) is 17.1. The van der Waals surface area contributed by atoms with E-state index in [9.17, 15) is 9.59 Å². The minimum absolute atomic E-state index is 0.103. The van der Waals surface area contributed by atoms with Gasteiger partial charge in [0.05, 0.1) is 5.69 Å². The van der Waals surface area contributed by atoms with Crippen molar-refractivity contribution in [2.75, 3.05) is 11.9 Å². The number of rotatable bonds is 5. The third-order valence-electron chi connectivity index (χ3n) is 5.40. The van der Waals surface area contributed by atoms with Crippen molar-refractivity contribution < 1.29 is 9.59 Å². The molecule has 4 rings (SSSR count). The molecule has 3 amide bonds. The average Bonchev–Trinajstić information content (AvgIpc) is 3.48. The van der Waals surface area contributed by atoms with Crippen LogP contribution in [0.3, 0.4) is 0 Å². The molecule has 1 aliphatic rings. The van der Waals surface area contributed by atoms with Gasteiger partial charge in [-0.25, -0.2) is 9.69 Å². The largest absolute Gasteiger partial charge is 0.331 e. The van der Waals surface area contributed by atoms with Crippen LogP contribution in [0.2, 0.25) is 0 Å². The molecule has 1 heterocycles. The van der Waals surface area contributed by atoms with E-state index in [1.54, 1.807) is 23.7 Å². The minimum Gasteiger partial charge on any atom is -0.323 e. The van der Waals surface area contributed by atoms with Crippen molar-refractivity contribution in [1.82, 2.24) is 4.90 Å². The number of imide groups is 1. The number of benzene rings is 3. The molecule has 152 valence electrons. The smallest absolute Gasteiger partial charge is 0.323 e. The number of para-hydroxylation sites is 1. The van der Waals surface area contributed by atoms with Crippen molar-refractivity contribution in [2.24, 2.45) is 0 Å². The van der Waals surface area contributed by atoms with Gasteiger partial charge in [0.1, 0.15) is 4.75 Å². The van der Waals surface area contributed by atoms with Crippen LogP contribution in [0.4, 0.5) is 10.5 Å². The van der Waals surface area contributed by atoms with Gasteiger partial charge < -0.3 is 4.90 Å². The van der Waals surface area contributed by atoms with Crippen LogP contribution in [-0.2, 0) is 16.1 Å². The molecule has 0 N–H and O–H groups in total. The fourth-order valence-electron chi connectivity index (χ4n) is 3.73. The molecule has 0 aromatic heterocycles. The summed E-state index contributed by atoms with van der Waals surface area (Å²) in [4.78, 5) is 30.4. The summed E-state index contributed by atoms with van der Waals surface area (Å²) in [5, 5.41) is 0.103. The highest BCUT2D eigenvalue weighted by Crippen LogP contribution is 2.62. The van der Waals surface area contributed by atoms with Gasteiger partial charge in [-0.1, -0.05) is 85.8 Å². The zero-order chi connectivity index (χ0) is 21.1. The zero-order valence-corrected chi connectivity index (χ0v) is 17.9. The second-order valence-electron chi connectivity index (χ2n) is 7.46. The molecular weight excluding hydrogens is 392 g/mol. The predicted molar refractivity (Wildman–Crippen MR) is 122 cm³/mol. The highest BCUT2D eigenvalue weighted by atomic mass is 32.2. The van der Waals surface area contributed by atoms with Crippen LogP contribution in [0.5, 0.6) is 0 Å². The number of thioether (sulfide) groups is 1. The van der Waals surface area contributed by atoms with Gasteiger partial charge in [-0.15, -0.1) is 11.8 Å². The van der Waals surface area contributed by atoms with E-state index in [0.29, 0.717) is 12.2 Å². The lowest BCUT2D eigenvalue weighted by Crippen LogP contribution is -2.49. The molecule has 1 aliphatic heterocycles. The first-order valence-electron chi connectivity index (χ1n) is 9.96. The van der Waals surface area contributed by atoms with Crippen LogP contribution in [0.25, 0.3) is 0 Å². The van der Waals surface area contributed by atoms with Crippen LogP contribution in [0.15, 0.2) is 91.0 Å². The van der Waals surface area contributed by atoms with E-state index in [0.717, 1.165) is 11.1 Å². The number of hydrogen-bond acceptors (Lipinski definition) is 3. The summed E-state index contributed by atoms with van der Waals surface area (Å²) < 4.78 is -0.736. The summed E-state index contributed by atoms with van der Waals surface area (Å²) >= 11 is 1.59. The number of nitrogens with zero attached hydrogens (tertiary/aromatic N) is 2. The van der Waals surface area contributed by atoms with Crippen molar-refractivity contribution in [3.05, 3.63) is 102 Å². The van der Waals surface area contributed by atoms with Crippen LogP contribution in [-0.4, -0.2) is 29.1 Å². The molecule has 30 heavy (non-hydrogen) atoms. The molecule has 0 bridgehead atoms. The Morgan fingerprint density at radius 1 is 0.867 bits per heavy atom. The van der Waals surface area contributed by atoms with Crippen LogP contribution in [0.1, 0.15) is 18.1 Å². The van der Waals surface area contributed by atoms with Gasteiger partial charge in [-0.2, -0.15) is 0 Å². The molecule has 0 unspecified atom stereocenters. The standard InChI is InChI=1S/C25H24N2O2S/c1-19-25(30-19,21-14-8-4-9-15-21)23(28)27(22-16-10-5-11-17-22)24(29)26(2)18-20-12-6-3-7-13-20/h3-17,19H,18H2,1-2H3/t19-,25-/m0/s1. The van der Waals surface area contributed by atoms with E-state index in [1.807, 2.05) is 97.9 Å². The number of anilines is 1. The molecule has 4 nitrogen and oxygen atoms in total. The summed E-state index contributed by atoms with van der Waals surface area (Å²) in [6.07, 6.45) is 0. The molecular formula is C25H24N2O2S. The van der Waals surface area contributed by atoms with E-state index in [-0.39, 0.29) is 17.2 Å². The third kappa shape index (κ3) is 3.73.